The normalized spacial score (nSPS) is 15.7. The van der Waals surface area contributed by atoms with Crippen molar-refractivity contribution in [3.63, 3.8) is 0 Å². The van der Waals surface area contributed by atoms with Gasteiger partial charge in [-0.15, -0.1) is 0 Å². The monoisotopic (exact) mass is 285 g/mol. The quantitative estimate of drug-likeness (QED) is 0.887. The lowest BCUT2D eigenvalue weighted by atomic mass is 9.94. The molecule has 0 amide bonds. The number of fused-ring (bicyclic) bond motifs is 1. The lowest BCUT2D eigenvalue weighted by molar-refractivity contribution is -0.138. The van der Waals surface area contributed by atoms with Crippen LogP contribution < -0.4 is 15.2 Å². The topological polar surface area (TPSA) is 81.8 Å². The van der Waals surface area contributed by atoms with Crippen molar-refractivity contribution in [1.29, 1.82) is 0 Å². The van der Waals surface area contributed by atoms with Gasteiger partial charge >= 0.3 is 5.97 Å². The summed E-state index contributed by atoms with van der Waals surface area (Å²) in [7, 11) is 0. The fraction of sp³-hybridized carbons (Fsp3) is 0.462. The molecule has 1 aromatic rings. The molecule has 1 aliphatic heterocycles. The van der Waals surface area contributed by atoms with E-state index < -0.39 is 11.9 Å². The average molecular weight is 286 g/mol. The predicted molar refractivity (Wildman–Crippen MR) is 71.2 cm³/mol. The average Bonchev–Trinajstić information content (AvgIpc) is 2.61. The third kappa shape index (κ3) is 2.62. The fourth-order valence-electron chi connectivity index (χ4n) is 2.16. The van der Waals surface area contributed by atoms with Gasteiger partial charge in [0.05, 0.1) is 24.2 Å². The Kier molecular flexibility index (Phi) is 4.17. The number of carbonyl (C=O) groups is 1. The van der Waals surface area contributed by atoms with Gasteiger partial charge in [-0.2, -0.15) is 0 Å². The van der Waals surface area contributed by atoms with E-state index in [0.717, 1.165) is 12.0 Å². The van der Waals surface area contributed by atoms with Crippen LogP contribution in [0, 0.1) is 6.92 Å². The second kappa shape index (κ2) is 5.67. The highest BCUT2D eigenvalue weighted by Crippen LogP contribution is 2.43. The molecule has 0 fully saturated rings. The molecule has 0 saturated heterocycles. The summed E-state index contributed by atoms with van der Waals surface area (Å²) in [4.78, 5) is 11.2. The number of nitrogens with two attached hydrogens (primary N) is 1. The highest BCUT2D eigenvalue weighted by atomic mass is 35.5. The number of aliphatic carboxylic acids is 1. The molecule has 0 aromatic heterocycles. The summed E-state index contributed by atoms with van der Waals surface area (Å²) in [6, 6.07) is 1.61. The van der Waals surface area contributed by atoms with E-state index in [1.165, 1.54) is 0 Å². The SMILES string of the molecule is Cc1c(C(CN)C(=O)O)cc(Cl)c2c1OCCCO2. The molecule has 6 heteroatoms. The number of carboxylic acid groups (broad SMARTS) is 1. The van der Waals surface area contributed by atoms with Crippen LogP contribution in [0.1, 0.15) is 23.5 Å². The number of hydrogen-bond acceptors (Lipinski definition) is 4. The highest BCUT2D eigenvalue weighted by molar-refractivity contribution is 6.32. The van der Waals surface area contributed by atoms with Gasteiger partial charge in [0, 0.05) is 13.0 Å². The number of benzene rings is 1. The Labute approximate surface area is 116 Å². The largest absolute Gasteiger partial charge is 0.489 e. The van der Waals surface area contributed by atoms with Crippen LogP contribution in [0.5, 0.6) is 11.5 Å². The van der Waals surface area contributed by atoms with Crippen LogP contribution in [0.3, 0.4) is 0 Å². The minimum Gasteiger partial charge on any atom is -0.489 e. The summed E-state index contributed by atoms with van der Waals surface area (Å²) < 4.78 is 11.2. The van der Waals surface area contributed by atoms with E-state index in [-0.39, 0.29) is 6.54 Å². The van der Waals surface area contributed by atoms with Crippen LogP contribution in [0.15, 0.2) is 6.07 Å². The van der Waals surface area contributed by atoms with Crippen LogP contribution in [0.4, 0.5) is 0 Å². The lowest BCUT2D eigenvalue weighted by Crippen LogP contribution is -2.22. The Morgan fingerprint density at radius 3 is 2.68 bits per heavy atom. The summed E-state index contributed by atoms with van der Waals surface area (Å²) in [5.41, 5.74) is 6.83. The Morgan fingerprint density at radius 1 is 1.47 bits per heavy atom. The second-order valence-electron chi connectivity index (χ2n) is 4.41. The Hall–Kier alpha value is -1.46. The Balaban J connectivity index is 2.55. The van der Waals surface area contributed by atoms with Crippen molar-refractivity contribution >= 4 is 17.6 Å². The third-order valence-electron chi connectivity index (χ3n) is 3.17. The van der Waals surface area contributed by atoms with E-state index in [1.807, 2.05) is 0 Å². The molecule has 1 heterocycles. The Morgan fingerprint density at radius 2 is 2.11 bits per heavy atom. The van der Waals surface area contributed by atoms with Crippen LogP contribution in [-0.4, -0.2) is 30.8 Å². The summed E-state index contributed by atoms with van der Waals surface area (Å²) in [5, 5.41) is 9.57. The smallest absolute Gasteiger partial charge is 0.312 e. The molecule has 104 valence electrons. The molecule has 0 bridgehead atoms. The minimum atomic E-state index is -0.976. The van der Waals surface area contributed by atoms with Gasteiger partial charge in [0.1, 0.15) is 0 Å². The van der Waals surface area contributed by atoms with Gasteiger partial charge in [0.15, 0.2) is 11.5 Å². The molecule has 5 nitrogen and oxygen atoms in total. The number of carboxylic acids is 1. The third-order valence-corrected chi connectivity index (χ3v) is 3.45. The highest BCUT2D eigenvalue weighted by Gasteiger charge is 2.26. The van der Waals surface area contributed by atoms with E-state index in [4.69, 9.17) is 26.8 Å². The summed E-state index contributed by atoms with van der Waals surface area (Å²) >= 11 is 6.16. The van der Waals surface area contributed by atoms with Gasteiger partial charge in [0.25, 0.3) is 0 Å². The number of halogens is 1. The van der Waals surface area contributed by atoms with E-state index in [0.29, 0.717) is 35.3 Å². The molecule has 0 spiro atoms. The van der Waals surface area contributed by atoms with Crippen LogP contribution in [-0.2, 0) is 4.79 Å². The molecule has 2 rings (SSSR count). The molecule has 19 heavy (non-hydrogen) atoms. The molecule has 0 aliphatic carbocycles. The van der Waals surface area contributed by atoms with Crippen molar-refractivity contribution in [2.75, 3.05) is 19.8 Å². The maximum Gasteiger partial charge on any atom is 0.312 e. The molecule has 0 radical (unpaired) electrons. The number of rotatable bonds is 3. The Bertz CT molecular complexity index is 504. The molecule has 1 atom stereocenters. The molecule has 0 saturated carbocycles. The fourth-order valence-corrected chi connectivity index (χ4v) is 2.42. The molecule has 3 N–H and O–H groups in total. The zero-order valence-corrected chi connectivity index (χ0v) is 11.4. The minimum absolute atomic E-state index is 0.00610. The predicted octanol–water partition coefficient (Wildman–Crippen LogP) is 1.94. The first-order valence-corrected chi connectivity index (χ1v) is 6.45. The van der Waals surface area contributed by atoms with Crippen LogP contribution >= 0.6 is 11.6 Å². The van der Waals surface area contributed by atoms with Crippen molar-refractivity contribution in [1.82, 2.24) is 0 Å². The van der Waals surface area contributed by atoms with Crippen LogP contribution in [0.2, 0.25) is 5.02 Å². The van der Waals surface area contributed by atoms with Gasteiger partial charge < -0.3 is 20.3 Å². The van der Waals surface area contributed by atoms with Crippen LogP contribution in [0.25, 0.3) is 0 Å². The molecule has 1 aliphatic rings. The maximum atomic E-state index is 11.2. The zero-order chi connectivity index (χ0) is 14.0. The summed E-state index contributed by atoms with van der Waals surface area (Å²) in [6.45, 7) is 2.86. The number of ether oxygens (including phenoxy) is 2. The first-order chi connectivity index (χ1) is 9.06. The van der Waals surface area contributed by atoms with Gasteiger partial charge in [0.2, 0.25) is 0 Å². The summed E-state index contributed by atoms with van der Waals surface area (Å²) in [5.74, 6) is -0.757. The van der Waals surface area contributed by atoms with Crippen molar-refractivity contribution in [3.05, 3.63) is 22.2 Å². The molecule has 1 aromatic carbocycles. The number of hydrogen-bond donors (Lipinski definition) is 2. The van der Waals surface area contributed by atoms with Crippen molar-refractivity contribution in [2.45, 2.75) is 19.3 Å². The van der Waals surface area contributed by atoms with Crippen molar-refractivity contribution < 1.29 is 19.4 Å². The summed E-state index contributed by atoms with van der Waals surface area (Å²) in [6.07, 6.45) is 0.763. The lowest BCUT2D eigenvalue weighted by Gasteiger charge is -2.19. The standard InChI is InChI=1S/C13H16ClNO4/c1-7-8(9(6-15)13(16)17)5-10(14)12-11(7)18-3-2-4-19-12/h5,9H,2-4,6,15H2,1H3,(H,16,17). The van der Waals surface area contributed by atoms with Crippen molar-refractivity contribution in [2.24, 2.45) is 5.73 Å². The first-order valence-electron chi connectivity index (χ1n) is 6.07. The molecular weight excluding hydrogens is 270 g/mol. The van der Waals surface area contributed by atoms with Crippen molar-refractivity contribution in [3.8, 4) is 11.5 Å². The van der Waals surface area contributed by atoms with E-state index in [1.54, 1.807) is 13.0 Å². The van der Waals surface area contributed by atoms with Gasteiger partial charge in [-0.1, -0.05) is 11.6 Å². The van der Waals surface area contributed by atoms with E-state index in [2.05, 4.69) is 0 Å². The van der Waals surface area contributed by atoms with Gasteiger partial charge in [-0.05, 0) is 24.1 Å². The second-order valence-corrected chi connectivity index (χ2v) is 4.82. The molecule has 1 unspecified atom stereocenters. The zero-order valence-electron chi connectivity index (χ0n) is 10.6. The van der Waals surface area contributed by atoms with E-state index in [9.17, 15) is 9.90 Å². The first kappa shape index (κ1) is 14.0. The molecular formula is C13H16ClNO4. The van der Waals surface area contributed by atoms with E-state index >= 15 is 0 Å². The van der Waals surface area contributed by atoms with Gasteiger partial charge in [-0.25, -0.2) is 0 Å². The van der Waals surface area contributed by atoms with Gasteiger partial charge in [-0.3, -0.25) is 4.79 Å². The maximum absolute atomic E-state index is 11.2.